The molecule has 9 nitrogen and oxygen atoms in total. The number of hydrogen-bond donors (Lipinski definition) is 3. The molecule has 0 radical (unpaired) electrons. The summed E-state index contributed by atoms with van der Waals surface area (Å²) >= 11 is 5.51. The van der Waals surface area contributed by atoms with E-state index in [2.05, 4.69) is 10.4 Å². The summed E-state index contributed by atoms with van der Waals surface area (Å²) in [5.41, 5.74) is -0.166. The van der Waals surface area contributed by atoms with Crippen LogP contribution in [-0.4, -0.2) is 37.3 Å². The Morgan fingerprint density at radius 3 is 1.97 bits per heavy atom. The molecule has 0 bridgehead atoms. The molecule has 10 heteroatoms. The Labute approximate surface area is 197 Å². The SMILES string of the molecule is O=C(O)c1ccc(-n2c(=O)[nH]n(C3=NC(c4ccccc4)(c4ccccc4)C(=O)N3)c2=S)cc1. The Balaban J connectivity index is 1.66. The first-order valence-electron chi connectivity index (χ1n) is 10.2. The highest BCUT2D eigenvalue weighted by atomic mass is 32.1. The lowest BCUT2D eigenvalue weighted by Gasteiger charge is -2.24. The summed E-state index contributed by atoms with van der Waals surface area (Å²) in [5, 5.41) is 14.5. The van der Waals surface area contributed by atoms with Crippen LogP contribution in [0.5, 0.6) is 0 Å². The number of hydrogen-bond acceptors (Lipinski definition) is 5. The second kappa shape index (κ2) is 8.09. The number of carbonyl (C=O) groups excluding carboxylic acids is 1. The van der Waals surface area contributed by atoms with Gasteiger partial charge in [-0.2, -0.15) is 4.68 Å². The van der Waals surface area contributed by atoms with Gasteiger partial charge in [-0.15, -0.1) is 0 Å². The van der Waals surface area contributed by atoms with Crippen molar-refractivity contribution in [3.63, 3.8) is 0 Å². The lowest BCUT2D eigenvalue weighted by atomic mass is 9.83. The number of H-pyrrole nitrogens is 1. The van der Waals surface area contributed by atoms with Gasteiger partial charge in [-0.25, -0.2) is 24.2 Å². The van der Waals surface area contributed by atoms with E-state index in [1.165, 1.54) is 33.5 Å². The number of aromatic nitrogens is 3. The van der Waals surface area contributed by atoms with Gasteiger partial charge >= 0.3 is 11.7 Å². The zero-order chi connectivity index (χ0) is 23.9. The molecule has 0 saturated carbocycles. The first-order chi connectivity index (χ1) is 16.4. The topological polar surface area (TPSA) is 121 Å². The van der Waals surface area contributed by atoms with E-state index in [0.717, 1.165) is 0 Å². The monoisotopic (exact) mass is 471 g/mol. The Hall–Kier alpha value is -4.57. The molecule has 0 fully saturated rings. The van der Waals surface area contributed by atoms with Crippen LogP contribution >= 0.6 is 12.2 Å². The maximum Gasteiger partial charge on any atom is 0.347 e. The Morgan fingerprint density at radius 2 is 1.44 bits per heavy atom. The summed E-state index contributed by atoms with van der Waals surface area (Å²) in [6.07, 6.45) is 0. The molecule has 1 aliphatic heterocycles. The Morgan fingerprint density at radius 1 is 0.882 bits per heavy atom. The number of carbonyl (C=O) groups is 2. The van der Waals surface area contributed by atoms with Crippen molar-refractivity contribution < 1.29 is 14.7 Å². The van der Waals surface area contributed by atoms with E-state index in [-0.39, 0.29) is 22.2 Å². The maximum atomic E-state index is 13.4. The Bertz CT molecular complexity index is 1510. The predicted molar refractivity (Wildman–Crippen MR) is 127 cm³/mol. The van der Waals surface area contributed by atoms with Crippen LogP contribution in [0.1, 0.15) is 21.5 Å². The van der Waals surface area contributed by atoms with Crippen molar-refractivity contribution in [1.82, 2.24) is 19.7 Å². The number of carboxylic acids is 1. The van der Waals surface area contributed by atoms with E-state index >= 15 is 0 Å². The molecule has 0 aliphatic carbocycles. The number of aliphatic imine (C=N–C) groups is 1. The van der Waals surface area contributed by atoms with Crippen molar-refractivity contribution in [3.8, 4) is 5.69 Å². The summed E-state index contributed by atoms with van der Waals surface area (Å²) in [4.78, 5) is 42.1. The quantitative estimate of drug-likeness (QED) is 0.395. The van der Waals surface area contributed by atoms with E-state index in [4.69, 9.17) is 22.3 Å². The molecule has 168 valence electrons. The molecule has 2 heterocycles. The molecule has 34 heavy (non-hydrogen) atoms. The van der Waals surface area contributed by atoms with Gasteiger partial charge in [0.25, 0.3) is 5.91 Å². The van der Waals surface area contributed by atoms with Gasteiger partial charge in [0.05, 0.1) is 11.3 Å². The average molecular weight is 471 g/mol. The van der Waals surface area contributed by atoms with Crippen LogP contribution < -0.4 is 11.0 Å². The number of benzene rings is 3. The fourth-order valence-corrected chi connectivity index (χ4v) is 4.28. The van der Waals surface area contributed by atoms with Gasteiger partial charge < -0.3 is 5.11 Å². The van der Waals surface area contributed by atoms with Gasteiger partial charge in [0, 0.05) is 0 Å². The molecule has 5 rings (SSSR count). The van der Waals surface area contributed by atoms with E-state index in [9.17, 15) is 14.4 Å². The molecule has 3 N–H and O–H groups in total. The van der Waals surface area contributed by atoms with E-state index < -0.39 is 17.2 Å². The zero-order valence-corrected chi connectivity index (χ0v) is 18.3. The van der Waals surface area contributed by atoms with Crippen molar-refractivity contribution in [1.29, 1.82) is 0 Å². The number of aromatic carboxylic acids is 1. The summed E-state index contributed by atoms with van der Waals surface area (Å²) in [7, 11) is 0. The molecular weight excluding hydrogens is 454 g/mol. The summed E-state index contributed by atoms with van der Waals surface area (Å²) < 4.78 is 2.46. The van der Waals surface area contributed by atoms with Crippen LogP contribution in [-0.2, 0) is 10.3 Å². The largest absolute Gasteiger partial charge is 0.478 e. The number of carboxylic acid groups (broad SMARTS) is 1. The van der Waals surface area contributed by atoms with Crippen LogP contribution in [0.25, 0.3) is 5.69 Å². The molecule has 0 unspecified atom stereocenters. The summed E-state index contributed by atoms with van der Waals surface area (Å²) in [6.45, 7) is 0. The third-order valence-corrected chi connectivity index (χ3v) is 5.95. The minimum Gasteiger partial charge on any atom is -0.478 e. The van der Waals surface area contributed by atoms with Gasteiger partial charge in [0.15, 0.2) is 5.54 Å². The van der Waals surface area contributed by atoms with Crippen LogP contribution in [0.15, 0.2) is 94.7 Å². The highest BCUT2D eigenvalue weighted by Crippen LogP contribution is 2.37. The summed E-state index contributed by atoms with van der Waals surface area (Å²) in [5.74, 6) is -1.40. The summed E-state index contributed by atoms with van der Waals surface area (Å²) in [6, 6.07) is 24.0. The van der Waals surface area contributed by atoms with E-state index in [1.807, 2.05) is 60.7 Å². The van der Waals surface area contributed by atoms with Crippen molar-refractivity contribution in [3.05, 3.63) is 117 Å². The normalized spacial score (nSPS) is 14.5. The minimum atomic E-state index is -1.37. The fourth-order valence-electron chi connectivity index (χ4n) is 3.96. The van der Waals surface area contributed by atoms with Crippen LogP contribution in [0.4, 0.5) is 0 Å². The fraction of sp³-hybridized carbons (Fsp3) is 0.0417. The van der Waals surface area contributed by atoms with E-state index in [0.29, 0.717) is 16.8 Å². The van der Waals surface area contributed by atoms with Crippen molar-refractivity contribution in [2.75, 3.05) is 0 Å². The van der Waals surface area contributed by atoms with Gasteiger partial charge in [0.1, 0.15) is 0 Å². The molecule has 0 atom stereocenters. The van der Waals surface area contributed by atoms with Gasteiger partial charge in [-0.05, 0) is 47.6 Å². The van der Waals surface area contributed by atoms with Crippen molar-refractivity contribution in [2.45, 2.75) is 5.54 Å². The number of rotatable bonds is 4. The standard InChI is InChI=1S/C24H17N5O4S/c30-19(31)15-11-13-18(14-12-15)28-22(33)27-29(23(28)34)21-25-20(32)24(26-21,16-7-3-1-4-8-16)17-9-5-2-6-10-17/h1-14H,(H,27,33)(H,30,31)(H,25,26,32). The van der Waals surface area contributed by atoms with Crippen LogP contribution in [0.3, 0.4) is 0 Å². The number of nitrogens with one attached hydrogen (secondary N) is 2. The molecule has 1 aromatic heterocycles. The van der Waals surface area contributed by atoms with Crippen LogP contribution in [0, 0.1) is 4.77 Å². The maximum absolute atomic E-state index is 13.4. The second-order valence-corrected chi connectivity index (χ2v) is 7.92. The number of aromatic amines is 1. The molecule has 1 aliphatic rings. The highest BCUT2D eigenvalue weighted by molar-refractivity contribution is 7.71. The number of nitrogens with zero attached hydrogens (tertiary/aromatic N) is 3. The third kappa shape index (κ3) is 3.28. The van der Waals surface area contributed by atoms with Gasteiger partial charge in [-0.1, -0.05) is 60.7 Å². The Kier molecular flexibility index (Phi) is 5.06. The second-order valence-electron chi connectivity index (χ2n) is 7.55. The molecule has 4 aromatic rings. The number of amides is 1. The molecular formula is C24H17N5O4S. The van der Waals surface area contributed by atoms with Gasteiger partial charge in [-0.3, -0.25) is 10.1 Å². The first kappa shape index (κ1) is 21.3. The van der Waals surface area contributed by atoms with Gasteiger partial charge in [0.2, 0.25) is 10.7 Å². The molecule has 1 amide bonds. The van der Waals surface area contributed by atoms with E-state index in [1.54, 1.807) is 0 Å². The smallest absolute Gasteiger partial charge is 0.347 e. The zero-order valence-electron chi connectivity index (χ0n) is 17.5. The lowest BCUT2D eigenvalue weighted by Crippen LogP contribution is -2.39. The molecule has 3 aromatic carbocycles. The molecule has 0 spiro atoms. The first-order valence-corrected chi connectivity index (χ1v) is 10.6. The van der Waals surface area contributed by atoms with Crippen molar-refractivity contribution in [2.24, 2.45) is 4.99 Å². The molecule has 0 saturated heterocycles. The van der Waals surface area contributed by atoms with Crippen LogP contribution in [0.2, 0.25) is 0 Å². The lowest BCUT2D eigenvalue weighted by molar-refractivity contribution is -0.122. The average Bonchev–Trinajstić information content (AvgIpc) is 3.36. The van der Waals surface area contributed by atoms with Crippen molar-refractivity contribution >= 4 is 30.1 Å². The predicted octanol–water partition coefficient (Wildman–Crippen LogP) is 2.67. The highest BCUT2D eigenvalue weighted by Gasteiger charge is 2.47. The minimum absolute atomic E-state index is 0.0315. The third-order valence-electron chi connectivity index (χ3n) is 5.59.